The molecule has 0 aliphatic carbocycles. The Labute approximate surface area is 112 Å². The van der Waals surface area contributed by atoms with E-state index in [4.69, 9.17) is 16.3 Å². The van der Waals surface area contributed by atoms with E-state index in [2.05, 4.69) is 15.9 Å². The molecule has 2 nitrogen and oxygen atoms in total. The van der Waals surface area contributed by atoms with Crippen LogP contribution < -0.4 is 4.74 Å². The molecular formula is C13H8BrClO2. The number of hydrogen-bond donors (Lipinski definition) is 0. The Hall–Kier alpha value is -1.32. The van der Waals surface area contributed by atoms with Gasteiger partial charge in [-0.3, -0.25) is 4.79 Å². The highest BCUT2D eigenvalue weighted by Crippen LogP contribution is 2.35. The summed E-state index contributed by atoms with van der Waals surface area (Å²) in [5, 5.41) is 0.408. The highest BCUT2D eigenvalue weighted by Gasteiger charge is 2.10. The second kappa shape index (κ2) is 5.34. The Morgan fingerprint density at radius 1 is 1.12 bits per heavy atom. The first kappa shape index (κ1) is 12.1. The van der Waals surface area contributed by atoms with Crippen LogP contribution in [0.1, 0.15) is 10.4 Å². The fraction of sp³-hybridized carbons (Fsp3) is 0. The van der Waals surface area contributed by atoms with E-state index in [1.54, 1.807) is 24.3 Å². The van der Waals surface area contributed by atoms with Gasteiger partial charge in [-0.05, 0) is 40.2 Å². The summed E-state index contributed by atoms with van der Waals surface area (Å²) in [4.78, 5) is 10.9. The molecule has 0 aliphatic rings. The Bertz CT molecular complexity index is 555. The van der Waals surface area contributed by atoms with Gasteiger partial charge in [0.05, 0.1) is 15.1 Å². The molecule has 0 bridgehead atoms. The van der Waals surface area contributed by atoms with Crippen LogP contribution in [0.15, 0.2) is 46.9 Å². The standard InChI is InChI=1S/C13H8BrClO2/c14-10-5-1-2-7-12(10)17-13-9(8-16)4-3-6-11(13)15/h1-8H. The number of rotatable bonds is 3. The van der Waals surface area contributed by atoms with Crippen molar-refractivity contribution in [2.45, 2.75) is 0 Å². The highest BCUT2D eigenvalue weighted by atomic mass is 79.9. The van der Waals surface area contributed by atoms with E-state index in [-0.39, 0.29) is 0 Å². The quantitative estimate of drug-likeness (QED) is 0.768. The molecule has 0 saturated heterocycles. The molecule has 0 aliphatic heterocycles. The SMILES string of the molecule is O=Cc1cccc(Cl)c1Oc1ccccc1Br. The molecule has 17 heavy (non-hydrogen) atoms. The van der Waals surface area contributed by atoms with Crippen LogP contribution in [0.2, 0.25) is 5.02 Å². The van der Waals surface area contributed by atoms with Crippen LogP contribution in [-0.4, -0.2) is 6.29 Å². The maximum atomic E-state index is 10.9. The molecule has 2 aromatic rings. The van der Waals surface area contributed by atoms with Crippen molar-refractivity contribution in [1.82, 2.24) is 0 Å². The van der Waals surface area contributed by atoms with E-state index in [9.17, 15) is 4.79 Å². The van der Waals surface area contributed by atoms with E-state index in [1.807, 2.05) is 18.2 Å². The van der Waals surface area contributed by atoms with Gasteiger partial charge in [0.2, 0.25) is 0 Å². The minimum atomic E-state index is 0.371. The van der Waals surface area contributed by atoms with Gasteiger partial charge in [0, 0.05) is 0 Å². The van der Waals surface area contributed by atoms with Gasteiger partial charge < -0.3 is 4.74 Å². The van der Waals surface area contributed by atoms with Gasteiger partial charge in [0.25, 0.3) is 0 Å². The van der Waals surface area contributed by atoms with Crippen molar-refractivity contribution in [3.63, 3.8) is 0 Å². The molecule has 2 rings (SSSR count). The van der Waals surface area contributed by atoms with Gasteiger partial charge in [-0.25, -0.2) is 0 Å². The molecule has 4 heteroatoms. The summed E-state index contributed by atoms with van der Waals surface area (Å²) in [6.07, 6.45) is 0.720. The van der Waals surface area contributed by atoms with Crippen LogP contribution in [0.5, 0.6) is 11.5 Å². The highest BCUT2D eigenvalue weighted by molar-refractivity contribution is 9.10. The summed E-state index contributed by atoms with van der Waals surface area (Å²) in [6.45, 7) is 0. The lowest BCUT2D eigenvalue weighted by molar-refractivity contribution is 0.112. The summed E-state index contributed by atoms with van der Waals surface area (Å²) in [5.74, 6) is 0.986. The van der Waals surface area contributed by atoms with E-state index in [0.29, 0.717) is 22.1 Å². The van der Waals surface area contributed by atoms with Crippen LogP contribution in [0.25, 0.3) is 0 Å². The molecule has 0 fully saturated rings. The van der Waals surface area contributed by atoms with Gasteiger partial charge >= 0.3 is 0 Å². The predicted molar refractivity (Wildman–Crippen MR) is 71.1 cm³/mol. The lowest BCUT2D eigenvalue weighted by Crippen LogP contribution is -1.91. The molecule has 0 aromatic heterocycles. The summed E-state index contributed by atoms with van der Waals surface area (Å²) in [7, 11) is 0. The van der Waals surface area contributed by atoms with Crippen molar-refractivity contribution in [3.05, 3.63) is 57.5 Å². The van der Waals surface area contributed by atoms with Crippen molar-refractivity contribution in [2.24, 2.45) is 0 Å². The zero-order valence-electron chi connectivity index (χ0n) is 8.69. The van der Waals surface area contributed by atoms with Crippen molar-refractivity contribution < 1.29 is 9.53 Å². The van der Waals surface area contributed by atoms with E-state index in [0.717, 1.165) is 10.8 Å². The molecule has 0 spiro atoms. The Morgan fingerprint density at radius 3 is 2.59 bits per heavy atom. The molecular weight excluding hydrogens is 303 g/mol. The summed E-state index contributed by atoms with van der Waals surface area (Å²) >= 11 is 9.38. The van der Waals surface area contributed by atoms with Crippen LogP contribution in [0.4, 0.5) is 0 Å². The normalized spacial score (nSPS) is 10.0. The van der Waals surface area contributed by atoms with E-state index >= 15 is 0 Å². The number of carbonyl (C=O) groups is 1. The predicted octanol–water partition coefficient (Wildman–Crippen LogP) is 4.71. The smallest absolute Gasteiger partial charge is 0.156 e. The summed E-state index contributed by atoms with van der Waals surface area (Å²) in [6, 6.07) is 12.4. The lowest BCUT2D eigenvalue weighted by atomic mass is 10.2. The zero-order valence-corrected chi connectivity index (χ0v) is 11.0. The average Bonchev–Trinajstić information content (AvgIpc) is 2.34. The zero-order chi connectivity index (χ0) is 12.3. The maximum absolute atomic E-state index is 10.9. The number of halogens is 2. The fourth-order valence-electron chi connectivity index (χ4n) is 1.36. The topological polar surface area (TPSA) is 26.3 Å². The Kier molecular flexibility index (Phi) is 3.82. The average molecular weight is 312 g/mol. The molecule has 0 unspecified atom stereocenters. The maximum Gasteiger partial charge on any atom is 0.156 e. The van der Waals surface area contributed by atoms with Crippen molar-refractivity contribution in [3.8, 4) is 11.5 Å². The third kappa shape index (κ3) is 2.68. The number of ether oxygens (including phenoxy) is 1. The van der Waals surface area contributed by atoms with Gasteiger partial charge in [0.1, 0.15) is 5.75 Å². The van der Waals surface area contributed by atoms with Crippen molar-refractivity contribution in [2.75, 3.05) is 0 Å². The first-order chi connectivity index (χ1) is 8.22. The number of benzene rings is 2. The summed E-state index contributed by atoms with van der Waals surface area (Å²) < 4.78 is 6.45. The van der Waals surface area contributed by atoms with Crippen LogP contribution in [0.3, 0.4) is 0 Å². The van der Waals surface area contributed by atoms with Crippen molar-refractivity contribution >= 4 is 33.8 Å². The molecule has 86 valence electrons. The Balaban J connectivity index is 2.43. The van der Waals surface area contributed by atoms with Gasteiger partial charge in [-0.15, -0.1) is 0 Å². The second-order valence-corrected chi connectivity index (χ2v) is 4.57. The van der Waals surface area contributed by atoms with Gasteiger partial charge in [-0.1, -0.05) is 29.8 Å². The Morgan fingerprint density at radius 2 is 1.88 bits per heavy atom. The molecule has 0 radical (unpaired) electrons. The molecule has 0 N–H and O–H groups in total. The molecule has 0 atom stereocenters. The number of carbonyl (C=O) groups excluding carboxylic acids is 1. The van der Waals surface area contributed by atoms with Gasteiger partial charge in [-0.2, -0.15) is 0 Å². The van der Waals surface area contributed by atoms with Crippen molar-refractivity contribution in [1.29, 1.82) is 0 Å². The van der Waals surface area contributed by atoms with Gasteiger partial charge in [0.15, 0.2) is 12.0 Å². The number of para-hydroxylation sites is 2. The first-order valence-electron chi connectivity index (χ1n) is 4.88. The van der Waals surface area contributed by atoms with Crippen LogP contribution in [0, 0.1) is 0 Å². The molecule has 0 amide bonds. The monoisotopic (exact) mass is 310 g/mol. The minimum Gasteiger partial charge on any atom is -0.454 e. The molecule has 0 saturated carbocycles. The first-order valence-corrected chi connectivity index (χ1v) is 6.05. The number of hydrogen-bond acceptors (Lipinski definition) is 2. The molecule has 0 heterocycles. The molecule has 2 aromatic carbocycles. The van der Waals surface area contributed by atoms with E-state index < -0.39 is 0 Å². The third-order valence-electron chi connectivity index (χ3n) is 2.17. The van der Waals surface area contributed by atoms with Crippen LogP contribution in [-0.2, 0) is 0 Å². The van der Waals surface area contributed by atoms with E-state index in [1.165, 1.54) is 0 Å². The largest absolute Gasteiger partial charge is 0.454 e. The van der Waals surface area contributed by atoms with Crippen LogP contribution >= 0.6 is 27.5 Å². The lowest BCUT2D eigenvalue weighted by Gasteiger charge is -2.10. The fourth-order valence-corrected chi connectivity index (χ4v) is 1.95. The number of aldehydes is 1. The third-order valence-corrected chi connectivity index (χ3v) is 3.13. The minimum absolute atomic E-state index is 0.371. The second-order valence-electron chi connectivity index (χ2n) is 3.31. The summed E-state index contributed by atoms with van der Waals surface area (Å²) in [5.41, 5.74) is 0.424.